The lowest BCUT2D eigenvalue weighted by Gasteiger charge is -1.91. The molecule has 1 aromatic heterocycles. The zero-order valence-electron chi connectivity index (χ0n) is 6.38. The quantitative estimate of drug-likeness (QED) is 0.364. The minimum Gasteiger partial charge on any atom is -0.287 e. The van der Waals surface area contributed by atoms with Crippen molar-refractivity contribution >= 4 is 5.91 Å². The first-order chi connectivity index (χ1) is 6.27. The average Bonchev–Trinajstić information content (AvgIpc) is 2.18. The van der Waals surface area contributed by atoms with Crippen LogP contribution >= 0.6 is 0 Å². The van der Waals surface area contributed by atoms with Gasteiger partial charge >= 0.3 is 0 Å². The molecule has 13 heavy (non-hydrogen) atoms. The highest BCUT2D eigenvalue weighted by Crippen LogP contribution is 2.01. The summed E-state index contributed by atoms with van der Waals surface area (Å²) in [6.45, 7) is 0. The topological polar surface area (TPSA) is 103 Å². The van der Waals surface area contributed by atoms with E-state index in [0.717, 1.165) is 0 Å². The molecule has 0 aliphatic carbocycles. The van der Waals surface area contributed by atoms with Gasteiger partial charge in [-0.1, -0.05) is 0 Å². The Labute approximate surface area is 73.1 Å². The van der Waals surface area contributed by atoms with Crippen molar-refractivity contribution in [3.63, 3.8) is 0 Å². The Morgan fingerprint density at radius 1 is 1.69 bits per heavy atom. The smallest absolute Gasteiger partial charge is 0.250 e. The molecule has 0 atom stereocenters. The second-order valence-corrected chi connectivity index (χ2v) is 2.04. The van der Waals surface area contributed by atoms with Crippen LogP contribution in [0.1, 0.15) is 16.1 Å². The van der Waals surface area contributed by atoms with Crippen LogP contribution in [-0.2, 0) is 0 Å². The molecule has 1 aromatic rings. The summed E-state index contributed by atoms with van der Waals surface area (Å²) < 4.78 is 0. The van der Waals surface area contributed by atoms with E-state index in [9.17, 15) is 4.79 Å². The Balaban J connectivity index is 3.00. The summed E-state index contributed by atoms with van der Waals surface area (Å²) in [6.07, 6.45) is 1.19. The van der Waals surface area contributed by atoms with Crippen molar-refractivity contribution in [1.82, 2.24) is 4.98 Å². The van der Waals surface area contributed by atoms with Crippen LogP contribution in [0.2, 0.25) is 0 Å². The molecule has 1 amide bonds. The highest BCUT2D eigenvalue weighted by atomic mass is 16.1. The maximum Gasteiger partial charge on any atom is 0.250 e. The van der Waals surface area contributed by atoms with Crippen LogP contribution < -0.4 is 0 Å². The molecule has 1 heterocycles. The lowest BCUT2D eigenvalue weighted by molar-refractivity contribution is 0.1000. The van der Waals surface area contributed by atoms with Crippen molar-refractivity contribution in [2.75, 3.05) is 0 Å². The van der Waals surface area contributed by atoms with Gasteiger partial charge in [-0.15, -0.1) is 0 Å². The van der Waals surface area contributed by atoms with Crippen LogP contribution in [0.3, 0.4) is 0 Å². The third kappa shape index (κ3) is 2.02. The number of carbonyl (C=O) groups is 1. The Kier molecular flexibility index (Phi) is 2.58. The molecule has 0 aliphatic rings. The van der Waals surface area contributed by atoms with Crippen LogP contribution in [0.25, 0.3) is 10.4 Å². The van der Waals surface area contributed by atoms with Gasteiger partial charge in [0.2, 0.25) is 0 Å². The normalized spacial score (nSPS) is 8.23. The summed E-state index contributed by atoms with van der Waals surface area (Å²) in [5, 5.41) is 11.3. The molecule has 0 fully saturated rings. The third-order valence-corrected chi connectivity index (χ3v) is 1.26. The molecule has 0 spiro atoms. The third-order valence-electron chi connectivity index (χ3n) is 1.26. The highest BCUT2D eigenvalue weighted by molar-refractivity contribution is 5.94. The van der Waals surface area contributed by atoms with Gasteiger partial charge in [-0.3, -0.25) is 4.79 Å². The van der Waals surface area contributed by atoms with E-state index in [1.54, 1.807) is 6.07 Å². The van der Waals surface area contributed by atoms with Crippen molar-refractivity contribution < 1.29 is 4.79 Å². The van der Waals surface area contributed by atoms with Gasteiger partial charge in [-0.25, -0.2) is 4.98 Å². The van der Waals surface area contributed by atoms with Crippen molar-refractivity contribution in [2.45, 2.75) is 0 Å². The fourth-order valence-corrected chi connectivity index (χ4v) is 0.685. The van der Waals surface area contributed by atoms with E-state index in [1.165, 1.54) is 18.3 Å². The zero-order valence-corrected chi connectivity index (χ0v) is 6.38. The molecule has 0 N–H and O–H groups in total. The Morgan fingerprint density at radius 3 is 2.92 bits per heavy atom. The number of pyridine rings is 1. The van der Waals surface area contributed by atoms with Gasteiger partial charge in [0.1, 0.15) is 11.8 Å². The predicted molar refractivity (Wildman–Crippen MR) is 42.4 cm³/mol. The standard InChI is InChI=1S/C7H3N5O/c8-3-6-2-1-5(4-10-6)7(13)11-12-9/h1-2,4H. The lowest BCUT2D eigenvalue weighted by atomic mass is 10.2. The monoisotopic (exact) mass is 173 g/mol. The maximum atomic E-state index is 10.9. The Morgan fingerprint density at radius 2 is 2.46 bits per heavy atom. The molecular formula is C7H3N5O. The average molecular weight is 173 g/mol. The van der Waals surface area contributed by atoms with Crippen molar-refractivity contribution in [1.29, 1.82) is 5.26 Å². The van der Waals surface area contributed by atoms with E-state index in [0.29, 0.717) is 0 Å². The van der Waals surface area contributed by atoms with E-state index in [2.05, 4.69) is 15.0 Å². The summed E-state index contributed by atoms with van der Waals surface area (Å²) in [6, 6.07) is 4.55. The second-order valence-electron chi connectivity index (χ2n) is 2.04. The lowest BCUT2D eigenvalue weighted by Crippen LogP contribution is -1.94. The summed E-state index contributed by atoms with van der Waals surface area (Å²) in [7, 11) is 0. The number of carbonyl (C=O) groups excluding carboxylic acids is 1. The van der Waals surface area contributed by atoms with Gasteiger partial charge in [0.25, 0.3) is 5.91 Å². The molecule has 6 heteroatoms. The van der Waals surface area contributed by atoms with Crippen molar-refractivity contribution in [3.8, 4) is 6.07 Å². The number of hydrogen-bond donors (Lipinski definition) is 0. The van der Waals surface area contributed by atoms with Gasteiger partial charge in [0, 0.05) is 16.7 Å². The largest absolute Gasteiger partial charge is 0.287 e. The zero-order chi connectivity index (χ0) is 9.68. The number of amides is 1. The summed E-state index contributed by atoms with van der Waals surface area (Å²) in [5.41, 5.74) is 8.33. The van der Waals surface area contributed by atoms with Crippen molar-refractivity contribution in [2.24, 2.45) is 5.11 Å². The Bertz CT molecular complexity index is 410. The Hall–Kier alpha value is -2.38. The SMILES string of the molecule is N#Cc1ccc(C(=O)N=[N+]=[N-])cn1. The van der Waals surface area contributed by atoms with Gasteiger partial charge in [-0.05, 0) is 22.8 Å². The minimum absolute atomic E-state index is 0.164. The van der Waals surface area contributed by atoms with Gasteiger partial charge in [-0.2, -0.15) is 5.26 Å². The number of nitriles is 1. The number of hydrogen-bond acceptors (Lipinski definition) is 3. The fourth-order valence-electron chi connectivity index (χ4n) is 0.685. The molecule has 0 aromatic carbocycles. The van der Waals surface area contributed by atoms with Crippen LogP contribution in [0.15, 0.2) is 23.4 Å². The van der Waals surface area contributed by atoms with Crippen LogP contribution in [0.4, 0.5) is 0 Å². The molecule has 0 aliphatic heterocycles. The molecule has 62 valence electrons. The van der Waals surface area contributed by atoms with Gasteiger partial charge < -0.3 is 0 Å². The van der Waals surface area contributed by atoms with E-state index >= 15 is 0 Å². The predicted octanol–water partition coefficient (Wildman–Crippen LogP) is 1.40. The second kappa shape index (κ2) is 3.85. The number of azide groups is 1. The van der Waals surface area contributed by atoms with E-state index in [-0.39, 0.29) is 11.3 Å². The molecule has 6 nitrogen and oxygen atoms in total. The van der Waals surface area contributed by atoms with Gasteiger partial charge in [0.05, 0.1) is 0 Å². The van der Waals surface area contributed by atoms with Crippen LogP contribution in [0.5, 0.6) is 0 Å². The van der Waals surface area contributed by atoms with Gasteiger partial charge in [0.15, 0.2) is 0 Å². The van der Waals surface area contributed by atoms with Crippen molar-refractivity contribution in [3.05, 3.63) is 40.0 Å². The molecule has 0 saturated carbocycles. The van der Waals surface area contributed by atoms with Crippen LogP contribution in [0, 0.1) is 11.3 Å². The first-order valence-electron chi connectivity index (χ1n) is 3.23. The number of aromatic nitrogens is 1. The highest BCUT2D eigenvalue weighted by Gasteiger charge is 2.02. The van der Waals surface area contributed by atoms with E-state index < -0.39 is 5.91 Å². The van der Waals surface area contributed by atoms with Crippen LogP contribution in [-0.4, -0.2) is 10.9 Å². The van der Waals surface area contributed by atoms with E-state index in [4.69, 9.17) is 10.8 Å². The summed E-state index contributed by atoms with van der Waals surface area (Å²) in [5.74, 6) is -0.709. The minimum atomic E-state index is -0.709. The number of rotatable bonds is 1. The fraction of sp³-hybridized carbons (Fsp3) is 0. The molecule has 0 unspecified atom stereocenters. The molecule has 1 rings (SSSR count). The molecule has 0 bridgehead atoms. The molecular weight excluding hydrogens is 170 g/mol. The van der Waals surface area contributed by atoms with E-state index in [1.807, 2.05) is 0 Å². The summed E-state index contributed by atoms with van der Waals surface area (Å²) >= 11 is 0. The first kappa shape index (κ1) is 8.71. The first-order valence-corrected chi connectivity index (χ1v) is 3.23. The number of nitrogens with zero attached hydrogens (tertiary/aromatic N) is 5. The molecule has 0 radical (unpaired) electrons. The maximum absolute atomic E-state index is 10.9. The molecule has 0 saturated heterocycles. The summed E-state index contributed by atoms with van der Waals surface area (Å²) in [4.78, 5) is 16.9.